The van der Waals surface area contributed by atoms with Crippen molar-refractivity contribution in [2.75, 3.05) is 37.6 Å². The highest BCUT2D eigenvalue weighted by molar-refractivity contribution is 6.30. The van der Waals surface area contributed by atoms with Crippen LogP contribution in [0.1, 0.15) is 6.42 Å². The number of anilines is 1. The molecular formula is C14H17ClN4O2. The Morgan fingerprint density at radius 1 is 1.29 bits per heavy atom. The van der Waals surface area contributed by atoms with Gasteiger partial charge in [0.05, 0.1) is 10.9 Å². The number of carbonyl (C=O) groups is 2. The second kappa shape index (κ2) is 5.89. The van der Waals surface area contributed by atoms with Gasteiger partial charge in [0.15, 0.2) is 0 Å². The normalized spacial score (nSPS) is 22.3. The summed E-state index contributed by atoms with van der Waals surface area (Å²) < 4.78 is 0. The summed E-state index contributed by atoms with van der Waals surface area (Å²) in [6.45, 7) is 3.28. The molecule has 1 N–H and O–H groups in total. The van der Waals surface area contributed by atoms with Gasteiger partial charge in [-0.25, -0.2) is 4.98 Å². The molecule has 7 heteroatoms. The lowest BCUT2D eigenvalue weighted by Crippen LogP contribution is -2.50. The molecule has 2 amide bonds. The summed E-state index contributed by atoms with van der Waals surface area (Å²) in [6.07, 6.45) is 1.95. The van der Waals surface area contributed by atoms with Crippen molar-refractivity contribution in [3.63, 3.8) is 0 Å². The summed E-state index contributed by atoms with van der Waals surface area (Å²) in [6, 6.07) is 3.70. The summed E-state index contributed by atoms with van der Waals surface area (Å²) in [5, 5.41) is 3.33. The summed E-state index contributed by atoms with van der Waals surface area (Å²) in [5.74, 6) is 0.733. The van der Waals surface area contributed by atoms with Gasteiger partial charge in [-0.3, -0.25) is 9.59 Å². The molecule has 2 aliphatic heterocycles. The van der Waals surface area contributed by atoms with E-state index in [9.17, 15) is 9.59 Å². The number of nitrogens with zero attached hydrogens (tertiary/aromatic N) is 3. The van der Waals surface area contributed by atoms with Gasteiger partial charge in [-0.15, -0.1) is 0 Å². The molecule has 1 atom stereocenters. The molecule has 0 aromatic carbocycles. The van der Waals surface area contributed by atoms with E-state index >= 15 is 0 Å². The van der Waals surface area contributed by atoms with Crippen molar-refractivity contribution < 1.29 is 9.59 Å². The second-order valence-corrected chi connectivity index (χ2v) is 5.79. The molecule has 2 aliphatic rings. The maximum absolute atomic E-state index is 12.3. The van der Waals surface area contributed by atoms with Crippen LogP contribution in [0.3, 0.4) is 0 Å². The highest BCUT2D eigenvalue weighted by atomic mass is 35.5. The number of pyridine rings is 1. The van der Waals surface area contributed by atoms with E-state index in [1.807, 2.05) is 17.0 Å². The maximum Gasteiger partial charge on any atom is 0.228 e. The zero-order valence-corrected chi connectivity index (χ0v) is 12.3. The first kappa shape index (κ1) is 14.1. The highest BCUT2D eigenvalue weighted by Crippen LogP contribution is 2.18. The summed E-state index contributed by atoms with van der Waals surface area (Å²) >= 11 is 5.83. The van der Waals surface area contributed by atoms with E-state index in [2.05, 4.69) is 15.2 Å². The molecular weight excluding hydrogens is 292 g/mol. The number of halogens is 1. The quantitative estimate of drug-likeness (QED) is 0.865. The van der Waals surface area contributed by atoms with Crippen molar-refractivity contribution >= 4 is 29.2 Å². The van der Waals surface area contributed by atoms with Gasteiger partial charge in [0.1, 0.15) is 5.82 Å². The van der Waals surface area contributed by atoms with Crippen molar-refractivity contribution in [1.82, 2.24) is 15.2 Å². The third-order valence-corrected chi connectivity index (χ3v) is 4.18. The van der Waals surface area contributed by atoms with Crippen LogP contribution in [0, 0.1) is 5.92 Å². The third kappa shape index (κ3) is 3.10. The van der Waals surface area contributed by atoms with Crippen LogP contribution in [0.25, 0.3) is 0 Å². The number of carbonyl (C=O) groups excluding carboxylic acids is 2. The lowest BCUT2D eigenvalue weighted by Gasteiger charge is -2.36. The van der Waals surface area contributed by atoms with E-state index < -0.39 is 0 Å². The van der Waals surface area contributed by atoms with Gasteiger partial charge in [0.2, 0.25) is 11.8 Å². The Hall–Kier alpha value is -1.82. The molecule has 112 valence electrons. The Morgan fingerprint density at radius 3 is 2.62 bits per heavy atom. The van der Waals surface area contributed by atoms with E-state index in [4.69, 9.17) is 11.6 Å². The summed E-state index contributed by atoms with van der Waals surface area (Å²) in [5.41, 5.74) is 0. The minimum absolute atomic E-state index is 0.0302. The van der Waals surface area contributed by atoms with Crippen LogP contribution in [-0.4, -0.2) is 54.4 Å². The lowest BCUT2D eigenvalue weighted by molar-refractivity contribution is -0.136. The first-order chi connectivity index (χ1) is 10.1. The van der Waals surface area contributed by atoms with E-state index in [0.29, 0.717) is 31.1 Å². The van der Waals surface area contributed by atoms with E-state index in [-0.39, 0.29) is 17.7 Å². The molecule has 0 bridgehead atoms. The predicted octanol–water partition coefficient (Wildman–Crippen LogP) is 0.520. The van der Waals surface area contributed by atoms with Gasteiger partial charge < -0.3 is 15.1 Å². The van der Waals surface area contributed by atoms with Gasteiger partial charge >= 0.3 is 0 Å². The van der Waals surface area contributed by atoms with Crippen LogP contribution in [-0.2, 0) is 9.59 Å². The van der Waals surface area contributed by atoms with Gasteiger partial charge in [-0.2, -0.15) is 0 Å². The molecule has 21 heavy (non-hydrogen) atoms. The van der Waals surface area contributed by atoms with Crippen molar-refractivity contribution in [3.8, 4) is 0 Å². The molecule has 1 unspecified atom stereocenters. The Balaban J connectivity index is 1.56. The molecule has 2 fully saturated rings. The highest BCUT2D eigenvalue weighted by Gasteiger charge is 2.32. The number of nitrogens with one attached hydrogen (secondary N) is 1. The molecule has 1 aromatic heterocycles. The van der Waals surface area contributed by atoms with Gasteiger partial charge in [0, 0.05) is 45.3 Å². The number of piperazine rings is 1. The minimum Gasteiger partial charge on any atom is -0.355 e. The summed E-state index contributed by atoms with van der Waals surface area (Å²) in [4.78, 5) is 31.8. The fourth-order valence-electron chi connectivity index (χ4n) is 2.75. The fourth-order valence-corrected chi connectivity index (χ4v) is 2.86. The van der Waals surface area contributed by atoms with E-state index in [0.717, 1.165) is 18.9 Å². The summed E-state index contributed by atoms with van der Waals surface area (Å²) in [7, 11) is 0. The van der Waals surface area contributed by atoms with Gasteiger partial charge in [0.25, 0.3) is 0 Å². The number of aromatic nitrogens is 1. The Bertz CT molecular complexity index is 540. The standard InChI is InChI=1S/C14H17ClN4O2/c15-11-1-2-12(16-9-11)18-3-5-19(6-4-18)14(21)10-7-13(20)17-8-10/h1-2,9-10H,3-8H2,(H,17,20). The topological polar surface area (TPSA) is 65.5 Å². The lowest BCUT2D eigenvalue weighted by atomic mass is 10.1. The molecule has 0 aliphatic carbocycles. The predicted molar refractivity (Wildman–Crippen MR) is 79.2 cm³/mol. The molecule has 3 rings (SSSR count). The second-order valence-electron chi connectivity index (χ2n) is 5.35. The van der Waals surface area contributed by atoms with Crippen molar-refractivity contribution in [2.24, 2.45) is 5.92 Å². The van der Waals surface area contributed by atoms with E-state index in [1.54, 1.807) is 6.20 Å². The zero-order valence-electron chi connectivity index (χ0n) is 11.6. The van der Waals surface area contributed by atoms with Gasteiger partial charge in [-0.1, -0.05) is 11.6 Å². The van der Waals surface area contributed by atoms with Crippen molar-refractivity contribution in [2.45, 2.75) is 6.42 Å². The van der Waals surface area contributed by atoms with E-state index in [1.165, 1.54) is 0 Å². The first-order valence-electron chi connectivity index (χ1n) is 7.05. The zero-order chi connectivity index (χ0) is 14.8. The number of rotatable bonds is 2. The van der Waals surface area contributed by atoms with Crippen LogP contribution in [0.15, 0.2) is 18.3 Å². The Labute approximate surface area is 128 Å². The van der Waals surface area contributed by atoms with Crippen LogP contribution in [0.2, 0.25) is 5.02 Å². The Morgan fingerprint density at radius 2 is 2.05 bits per heavy atom. The number of hydrogen-bond donors (Lipinski definition) is 1. The van der Waals surface area contributed by atoms with Crippen molar-refractivity contribution in [3.05, 3.63) is 23.4 Å². The average molecular weight is 309 g/mol. The first-order valence-corrected chi connectivity index (χ1v) is 7.43. The maximum atomic E-state index is 12.3. The van der Waals surface area contributed by atoms with Crippen LogP contribution in [0.4, 0.5) is 5.82 Å². The smallest absolute Gasteiger partial charge is 0.228 e. The number of hydrogen-bond acceptors (Lipinski definition) is 4. The molecule has 0 saturated carbocycles. The Kier molecular flexibility index (Phi) is 3.96. The molecule has 0 spiro atoms. The SMILES string of the molecule is O=C1CC(C(=O)N2CCN(c3ccc(Cl)cn3)CC2)CN1. The molecule has 2 saturated heterocycles. The van der Waals surface area contributed by atoms with Crippen LogP contribution < -0.4 is 10.2 Å². The van der Waals surface area contributed by atoms with Crippen LogP contribution >= 0.6 is 11.6 Å². The molecule has 3 heterocycles. The van der Waals surface area contributed by atoms with Crippen molar-refractivity contribution in [1.29, 1.82) is 0 Å². The average Bonchev–Trinajstić information content (AvgIpc) is 2.94. The van der Waals surface area contributed by atoms with Crippen LogP contribution in [0.5, 0.6) is 0 Å². The van der Waals surface area contributed by atoms with Gasteiger partial charge in [-0.05, 0) is 12.1 Å². The minimum atomic E-state index is -0.197. The fraction of sp³-hybridized carbons (Fsp3) is 0.500. The largest absolute Gasteiger partial charge is 0.355 e. The number of amides is 2. The molecule has 6 nitrogen and oxygen atoms in total. The molecule has 0 radical (unpaired) electrons. The molecule has 1 aromatic rings. The third-order valence-electron chi connectivity index (χ3n) is 3.95. The monoisotopic (exact) mass is 308 g/mol.